The quantitative estimate of drug-likeness (QED) is 0.569. The Labute approximate surface area is 183 Å². The maximum absolute atomic E-state index is 10.9. The van der Waals surface area contributed by atoms with E-state index in [0.29, 0.717) is 39.6 Å². The summed E-state index contributed by atoms with van der Waals surface area (Å²) in [6.07, 6.45) is 3.49. The molecule has 1 atom stereocenters. The number of anilines is 1. The molecular weight excluding hydrogens is 427 g/mol. The molecule has 7 nitrogen and oxygen atoms in total. The van der Waals surface area contributed by atoms with Crippen LogP contribution in [0.3, 0.4) is 0 Å². The molecule has 1 fully saturated rings. The lowest BCUT2D eigenvalue weighted by Crippen LogP contribution is -2.25. The van der Waals surface area contributed by atoms with Gasteiger partial charge in [0.25, 0.3) is 0 Å². The molecule has 4 rings (SSSR count). The number of carbonyl (C=O) groups excluding carboxylic acids is 1. The van der Waals surface area contributed by atoms with Crippen LogP contribution in [0.25, 0.3) is 22.0 Å². The zero-order valence-electron chi connectivity index (χ0n) is 16.5. The number of fused-ring (bicyclic) bond motifs is 1. The molecule has 0 bridgehead atoms. The van der Waals surface area contributed by atoms with Crippen molar-refractivity contribution in [3.05, 3.63) is 40.5 Å². The molecule has 1 aliphatic rings. The Kier molecular flexibility index (Phi) is 5.83. The molecule has 1 amide bonds. The molecule has 1 saturated heterocycles. The van der Waals surface area contributed by atoms with E-state index in [2.05, 4.69) is 15.3 Å². The van der Waals surface area contributed by atoms with Crippen molar-refractivity contribution in [1.82, 2.24) is 14.9 Å². The van der Waals surface area contributed by atoms with Crippen LogP contribution in [0, 0.1) is 0 Å². The molecular formula is C21H20Cl2N4O3. The lowest BCUT2D eigenvalue weighted by Gasteiger charge is -2.15. The van der Waals surface area contributed by atoms with E-state index in [1.165, 1.54) is 0 Å². The second kappa shape index (κ2) is 8.53. The first-order valence-electron chi connectivity index (χ1n) is 9.37. The third-order valence-electron chi connectivity index (χ3n) is 5.14. The number of nitrogens with zero attached hydrogens (tertiary/aromatic N) is 3. The molecule has 0 radical (unpaired) electrons. The van der Waals surface area contributed by atoms with Gasteiger partial charge in [-0.1, -0.05) is 29.3 Å². The van der Waals surface area contributed by atoms with Gasteiger partial charge in [0.1, 0.15) is 11.5 Å². The molecule has 1 aromatic heterocycles. The lowest BCUT2D eigenvalue weighted by atomic mass is 10.0. The SMILES string of the molecule is COc1cc(OC)c(Cl)c(-c2ccc3nc(NC4CCN(C=O)C4)ncc3c2)c1Cl. The molecule has 1 unspecified atom stereocenters. The molecule has 0 spiro atoms. The van der Waals surface area contributed by atoms with Crippen molar-refractivity contribution >= 4 is 46.5 Å². The number of benzene rings is 2. The maximum atomic E-state index is 10.9. The van der Waals surface area contributed by atoms with Crippen LogP contribution in [0.5, 0.6) is 11.5 Å². The minimum Gasteiger partial charge on any atom is -0.495 e. The summed E-state index contributed by atoms with van der Waals surface area (Å²) in [4.78, 5) is 21.6. The number of nitrogens with one attached hydrogen (secondary N) is 1. The van der Waals surface area contributed by atoms with Crippen LogP contribution in [0.2, 0.25) is 10.0 Å². The van der Waals surface area contributed by atoms with Crippen molar-refractivity contribution in [3.63, 3.8) is 0 Å². The van der Waals surface area contributed by atoms with E-state index in [9.17, 15) is 4.79 Å². The molecule has 2 heterocycles. The van der Waals surface area contributed by atoms with Crippen LogP contribution in [-0.2, 0) is 4.79 Å². The van der Waals surface area contributed by atoms with E-state index in [1.54, 1.807) is 31.4 Å². The predicted octanol–water partition coefficient (Wildman–Crippen LogP) is 4.26. The summed E-state index contributed by atoms with van der Waals surface area (Å²) in [6, 6.07) is 7.52. The number of hydrogen-bond donors (Lipinski definition) is 1. The number of halogens is 2. The number of amides is 1. The Balaban J connectivity index is 1.67. The Bertz CT molecular complexity index is 1080. The van der Waals surface area contributed by atoms with E-state index < -0.39 is 0 Å². The molecule has 0 saturated carbocycles. The van der Waals surface area contributed by atoms with Gasteiger partial charge < -0.3 is 19.7 Å². The van der Waals surface area contributed by atoms with Crippen molar-refractivity contribution in [3.8, 4) is 22.6 Å². The van der Waals surface area contributed by atoms with E-state index in [4.69, 9.17) is 32.7 Å². The average Bonchev–Trinajstić information content (AvgIpc) is 3.21. The molecule has 3 aromatic rings. The van der Waals surface area contributed by atoms with Crippen LogP contribution in [0.4, 0.5) is 5.95 Å². The van der Waals surface area contributed by atoms with Crippen LogP contribution in [0.15, 0.2) is 30.5 Å². The number of likely N-dealkylation sites (tertiary alicyclic amines) is 1. The first-order valence-corrected chi connectivity index (χ1v) is 10.1. The van der Waals surface area contributed by atoms with E-state index in [1.807, 2.05) is 18.2 Å². The Morgan fingerprint density at radius 1 is 1.17 bits per heavy atom. The van der Waals surface area contributed by atoms with Crippen LogP contribution >= 0.6 is 23.2 Å². The van der Waals surface area contributed by atoms with E-state index >= 15 is 0 Å². The highest BCUT2D eigenvalue weighted by molar-refractivity contribution is 6.41. The number of rotatable bonds is 6. The van der Waals surface area contributed by atoms with E-state index in [0.717, 1.165) is 35.8 Å². The van der Waals surface area contributed by atoms with Gasteiger partial charge in [-0.15, -0.1) is 0 Å². The zero-order valence-corrected chi connectivity index (χ0v) is 18.0. The standard InChI is InChI=1S/C21H20Cl2N4O3/c1-29-16-8-17(30-2)20(23)18(19(16)22)12-3-4-15-13(7-12)9-24-21(26-15)25-14-5-6-27(10-14)11-28/h3-4,7-9,11,14H,5-6,10H2,1-2H3,(H,24,25,26). The highest BCUT2D eigenvalue weighted by Gasteiger charge is 2.22. The van der Waals surface area contributed by atoms with Crippen molar-refractivity contribution in [2.45, 2.75) is 12.5 Å². The molecule has 2 aromatic carbocycles. The highest BCUT2D eigenvalue weighted by atomic mass is 35.5. The fourth-order valence-electron chi connectivity index (χ4n) is 3.58. The minimum atomic E-state index is 0.147. The third-order valence-corrected chi connectivity index (χ3v) is 5.89. The van der Waals surface area contributed by atoms with Gasteiger partial charge in [-0.05, 0) is 24.1 Å². The van der Waals surface area contributed by atoms with Gasteiger partial charge in [0.05, 0.1) is 29.8 Å². The van der Waals surface area contributed by atoms with Gasteiger partial charge in [0, 0.05) is 42.3 Å². The first-order chi connectivity index (χ1) is 14.5. The molecule has 1 aliphatic heterocycles. The fraction of sp³-hybridized carbons (Fsp3) is 0.286. The Morgan fingerprint density at radius 3 is 2.53 bits per heavy atom. The van der Waals surface area contributed by atoms with Crippen LogP contribution < -0.4 is 14.8 Å². The fourth-order valence-corrected chi connectivity index (χ4v) is 4.30. The van der Waals surface area contributed by atoms with Gasteiger partial charge in [-0.25, -0.2) is 9.97 Å². The summed E-state index contributed by atoms with van der Waals surface area (Å²) in [5.74, 6) is 1.49. The van der Waals surface area contributed by atoms with Crippen molar-refractivity contribution in [2.24, 2.45) is 0 Å². The highest BCUT2D eigenvalue weighted by Crippen LogP contribution is 2.46. The van der Waals surface area contributed by atoms with E-state index in [-0.39, 0.29) is 6.04 Å². The molecule has 156 valence electrons. The van der Waals surface area contributed by atoms with Gasteiger partial charge in [-0.3, -0.25) is 4.79 Å². The normalized spacial score (nSPS) is 16.0. The summed E-state index contributed by atoms with van der Waals surface area (Å²) < 4.78 is 10.7. The topological polar surface area (TPSA) is 76.6 Å². The Hall–Kier alpha value is -2.77. The summed E-state index contributed by atoms with van der Waals surface area (Å²) in [7, 11) is 3.08. The summed E-state index contributed by atoms with van der Waals surface area (Å²) in [5, 5.41) is 4.95. The molecule has 30 heavy (non-hydrogen) atoms. The second-order valence-electron chi connectivity index (χ2n) is 6.98. The smallest absolute Gasteiger partial charge is 0.223 e. The summed E-state index contributed by atoms with van der Waals surface area (Å²) >= 11 is 13.1. The first kappa shape index (κ1) is 20.5. The number of carbonyl (C=O) groups is 1. The lowest BCUT2D eigenvalue weighted by molar-refractivity contribution is -0.117. The van der Waals surface area contributed by atoms with Crippen molar-refractivity contribution < 1.29 is 14.3 Å². The van der Waals surface area contributed by atoms with Gasteiger partial charge in [-0.2, -0.15) is 0 Å². The second-order valence-corrected chi connectivity index (χ2v) is 7.74. The monoisotopic (exact) mass is 446 g/mol. The predicted molar refractivity (Wildman–Crippen MR) is 118 cm³/mol. The Morgan fingerprint density at radius 2 is 1.90 bits per heavy atom. The van der Waals surface area contributed by atoms with Crippen LogP contribution in [0.1, 0.15) is 6.42 Å². The van der Waals surface area contributed by atoms with Gasteiger partial charge >= 0.3 is 0 Å². The molecule has 1 N–H and O–H groups in total. The minimum absolute atomic E-state index is 0.147. The third kappa shape index (κ3) is 3.82. The molecule has 0 aliphatic carbocycles. The number of ether oxygens (including phenoxy) is 2. The van der Waals surface area contributed by atoms with Gasteiger partial charge in [0.2, 0.25) is 12.4 Å². The van der Waals surface area contributed by atoms with Crippen molar-refractivity contribution in [2.75, 3.05) is 32.6 Å². The largest absolute Gasteiger partial charge is 0.495 e. The molecule has 9 heteroatoms. The maximum Gasteiger partial charge on any atom is 0.223 e. The number of methoxy groups -OCH3 is 2. The number of aromatic nitrogens is 2. The van der Waals surface area contributed by atoms with Crippen LogP contribution in [-0.4, -0.2) is 54.6 Å². The van der Waals surface area contributed by atoms with Gasteiger partial charge in [0.15, 0.2) is 0 Å². The average molecular weight is 447 g/mol. The number of hydrogen-bond acceptors (Lipinski definition) is 6. The van der Waals surface area contributed by atoms with Crippen molar-refractivity contribution in [1.29, 1.82) is 0 Å². The zero-order chi connectivity index (χ0) is 21.3. The summed E-state index contributed by atoms with van der Waals surface area (Å²) in [6.45, 7) is 1.39. The summed E-state index contributed by atoms with van der Waals surface area (Å²) in [5.41, 5.74) is 2.21.